The summed E-state index contributed by atoms with van der Waals surface area (Å²) < 4.78 is 16.1. The fraction of sp³-hybridized carbons (Fsp3) is 0.417. The van der Waals surface area contributed by atoms with Crippen molar-refractivity contribution < 1.29 is 4.39 Å². The summed E-state index contributed by atoms with van der Waals surface area (Å²) in [5, 5.41) is 0.740. The smallest absolute Gasteiger partial charge is 0.178 e. The van der Waals surface area contributed by atoms with E-state index in [-0.39, 0.29) is 5.02 Å². The number of H-pyrrole nitrogens is 1. The Kier molecular flexibility index (Phi) is 3.38. The Morgan fingerprint density at radius 3 is 3.11 bits per heavy atom. The molecule has 6 heteroatoms. The van der Waals surface area contributed by atoms with Gasteiger partial charge >= 0.3 is 0 Å². The van der Waals surface area contributed by atoms with Crippen LogP contribution in [0.2, 0.25) is 5.02 Å². The molecule has 96 valence electrons. The second-order valence-corrected chi connectivity index (χ2v) is 6.66. The minimum atomic E-state index is -0.414. The molecular weight excluding hydrogens is 291 g/mol. The third kappa shape index (κ3) is 2.19. The standard InChI is InChI=1S/C12H12ClFN2S2/c13-8-4-11-10(5-9(8)14)15-12(17)16(11)6-7-2-1-3-18-7/h4-5,7H,1-3,6H2,(H,15,17). The first-order chi connectivity index (χ1) is 8.65. The summed E-state index contributed by atoms with van der Waals surface area (Å²) in [5.74, 6) is 0.804. The molecule has 18 heavy (non-hydrogen) atoms. The average Bonchev–Trinajstić information content (AvgIpc) is 2.92. The quantitative estimate of drug-likeness (QED) is 0.831. The van der Waals surface area contributed by atoms with Gasteiger partial charge in [0, 0.05) is 17.9 Å². The second-order valence-electron chi connectivity index (χ2n) is 4.46. The molecule has 0 aliphatic carbocycles. The highest BCUT2D eigenvalue weighted by Crippen LogP contribution is 2.29. The third-order valence-corrected chi connectivity index (χ3v) is 5.22. The fourth-order valence-electron chi connectivity index (χ4n) is 2.33. The van der Waals surface area contributed by atoms with Gasteiger partial charge in [-0.3, -0.25) is 0 Å². The minimum absolute atomic E-state index is 0.143. The minimum Gasteiger partial charge on any atom is -0.330 e. The Hall–Kier alpha value is -0.520. The summed E-state index contributed by atoms with van der Waals surface area (Å²) in [6.45, 7) is 0.867. The summed E-state index contributed by atoms with van der Waals surface area (Å²) in [5.41, 5.74) is 1.60. The molecule has 0 bridgehead atoms. The Labute approximate surface area is 119 Å². The molecule has 2 heterocycles. The summed E-state index contributed by atoms with van der Waals surface area (Å²) in [7, 11) is 0. The van der Waals surface area contributed by atoms with Gasteiger partial charge in [-0.1, -0.05) is 11.6 Å². The van der Waals surface area contributed by atoms with E-state index in [0.29, 0.717) is 15.5 Å². The highest BCUT2D eigenvalue weighted by Gasteiger charge is 2.18. The number of rotatable bonds is 2. The van der Waals surface area contributed by atoms with E-state index in [1.54, 1.807) is 6.07 Å². The second kappa shape index (κ2) is 4.87. The molecule has 2 aromatic rings. The Balaban J connectivity index is 2.07. The number of nitrogens with zero attached hydrogens (tertiary/aromatic N) is 1. The lowest BCUT2D eigenvalue weighted by molar-refractivity contribution is 0.628. The van der Waals surface area contributed by atoms with Gasteiger partial charge in [0.05, 0.1) is 16.1 Å². The van der Waals surface area contributed by atoms with Crippen molar-refractivity contribution >= 4 is 46.6 Å². The fourth-order valence-corrected chi connectivity index (χ4v) is 4.02. The molecule has 0 amide bonds. The Morgan fingerprint density at radius 2 is 2.39 bits per heavy atom. The van der Waals surface area contributed by atoms with Gasteiger partial charge < -0.3 is 9.55 Å². The van der Waals surface area contributed by atoms with Crippen LogP contribution < -0.4 is 0 Å². The maximum Gasteiger partial charge on any atom is 0.178 e. The first kappa shape index (κ1) is 12.5. The van der Waals surface area contributed by atoms with E-state index in [2.05, 4.69) is 4.98 Å². The molecule has 1 aromatic carbocycles. The van der Waals surface area contributed by atoms with Crippen LogP contribution in [0.1, 0.15) is 12.8 Å². The number of benzene rings is 1. The predicted octanol–water partition coefficient (Wildman–Crippen LogP) is 4.39. The van der Waals surface area contributed by atoms with Crippen LogP contribution in [0.5, 0.6) is 0 Å². The first-order valence-electron chi connectivity index (χ1n) is 5.84. The van der Waals surface area contributed by atoms with Crippen molar-refractivity contribution in [3.8, 4) is 0 Å². The van der Waals surface area contributed by atoms with Crippen LogP contribution in [-0.2, 0) is 6.54 Å². The van der Waals surface area contributed by atoms with Crippen LogP contribution in [-0.4, -0.2) is 20.6 Å². The summed E-state index contributed by atoms with van der Waals surface area (Å²) in [4.78, 5) is 3.04. The monoisotopic (exact) mass is 302 g/mol. The zero-order valence-corrected chi connectivity index (χ0v) is 12.0. The van der Waals surface area contributed by atoms with Gasteiger partial charge in [0.1, 0.15) is 5.82 Å². The molecule has 3 rings (SSSR count). The number of nitrogens with one attached hydrogen (secondary N) is 1. The maximum absolute atomic E-state index is 13.4. The van der Waals surface area contributed by atoms with Gasteiger partial charge in [0.2, 0.25) is 0 Å². The lowest BCUT2D eigenvalue weighted by atomic mass is 10.2. The number of aromatic nitrogens is 2. The molecule has 2 nitrogen and oxygen atoms in total. The van der Waals surface area contributed by atoms with Crippen molar-refractivity contribution in [1.29, 1.82) is 0 Å². The largest absolute Gasteiger partial charge is 0.330 e. The molecule has 1 atom stereocenters. The molecule has 1 fully saturated rings. The molecular formula is C12H12ClFN2S2. The molecule has 1 saturated heterocycles. The van der Waals surface area contributed by atoms with E-state index in [4.69, 9.17) is 23.8 Å². The molecule has 0 radical (unpaired) electrons. The van der Waals surface area contributed by atoms with Crippen LogP contribution in [0.3, 0.4) is 0 Å². The Morgan fingerprint density at radius 1 is 1.56 bits per heavy atom. The number of hydrogen-bond acceptors (Lipinski definition) is 2. The van der Waals surface area contributed by atoms with E-state index >= 15 is 0 Å². The van der Waals surface area contributed by atoms with Gasteiger partial charge in [-0.25, -0.2) is 4.39 Å². The van der Waals surface area contributed by atoms with E-state index in [0.717, 1.165) is 12.1 Å². The third-order valence-electron chi connectivity index (χ3n) is 3.23. The van der Waals surface area contributed by atoms with Crippen LogP contribution >= 0.6 is 35.6 Å². The van der Waals surface area contributed by atoms with Crippen molar-refractivity contribution in [1.82, 2.24) is 9.55 Å². The van der Waals surface area contributed by atoms with Crippen LogP contribution in [0, 0.1) is 10.6 Å². The highest BCUT2D eigenvalue weighted by molar-refractivity contribution is 8.00. The van der Waals surface area contributed by atoms with Crippen LogP contribution in [0.4, 0.5) is 4.39 Å². The van der Waals surface area contributed by atoms with Gasteiger partial charge in [-0.05, 0) is 36.9 Å². The molecule has 1 N–H and O–H groups in total. The number of hydrogen-bond donors (Lipinski definition) is 1. The van der Waals surface area contributed by atoms with E-state index in [1.165, 1.54) is 24.7 Å². The summed E-state index contributed by atoms with van der Waals surface area (Å²) in [6.07, 6.45) is 2.48. The number of imidazole rings is 1. The van der Waals surface area contributed by atoms with Crippen molar-refractivity contribution in [3.05, 3.63) is 27.7 Å². The maximum atomic E-state index is 13.4. The van der Waals surface area contributed by atoms with Gasteiger partial charge in [-0.15, -0.1) is 0 Å². The van der Waals surface area contributed by atoms with E-state index < -0.39 is 5.82 Å². The van der Waals surface area contributed by atoms with Crippen LogP contribution in [0.15, 0.2) is 12.1 Å². The first-order valence-corrected chi connectivity index (χ1v) is 7.68. The predicted molar refractivity (Wildman–Crippen MR) is 77.6 cm³/mol. The lowest BCUT2D eigenvalue weighted by Crippen LogP contribution is -2.09. The highest BCUT2D eigenvalue weighted by atomic mass is 35.5. The molecule has 0 saturated carbocycles. The normalized spacial score (nSPS) is 19.8. The molecule has 1 aromatic heterocycles. The summed E-state index contributed by atoms with van der Waals surface area (Å²) in [6, 6.07) is 3.06. The summed E-state index contributed by atoms with van der Waals surface area (Å²) >= 11 is 13.1. The zero-order valence-electron chi connectivity index (χ0n) is 9.58. The van der Waals surface area contributed by atoms with Crippen molar-refractivity contribution in [2.24, 2.45) is 0 Å². The van der Waals surface area contributed by atoms with Gasteiger partial charge in [0.25, 0.3) is 0 Å². The lowest BCUT2D eigenvalue weighted by Gasteiger charge is -2.10. The average molecular weight is 303 g/mol. The number of halogens is 2. The van der Waals surface area contributed by atoms with Crippen molar-refractivity contribution in [3.63, 3.8) is 0 Å². The number of thioether (sulfide) groups is 1. The molecule has 0 spiro atoms. The topological polar surface area (TPSA) is 20.7 Å². The molecule has 1 unspecified atom stereocenters. The number of fused-ring (bicyclic) bond motifs is 1. The Bertz CT molecular complexity index is 643. The zero-order chi connectivity index (χ0) is 12.7. The SMILES string of the molecule is Fc1cc2[nH]c(=S)n(CC3CCCS3)c2cc1Cl. The van der Waals surface area contributed by atoms with Crippen LogP contribution in [0.25, 0.3) is 11.0 Å². The van der Waals surface area contributed by atoms with E-state index in [9.17, 15) is 4.39 Å². The number of aromatic amines is 1. The van der Waals surface area contributed by atoms with E-state index in [1.807, 2.05) is 16.3 Å². The van der Waals surface area contributed by atoms with Crippen molar-refractivity contribution in [2.75, 3.05) is 5.75 Å². The van der Waals surface area contributed by atoms with Gasteiger partial charge in [-0.2, -0.15) is 11.8 Å². The van der Waals surface area contributed by atoms with Gasteiger partial charge in [0.15, 0.2) is 4.77 Å². The van der Waals surface area contributed by atoms with Crippen molar-refractivity contribution in [2.45, 2.75) is 24.6 Å². The molecule has 1 aliphatic rings. The molecule has 1 aliphatic heterocycles.